The molecule has 0 fully saturated rings. The minimum Gasteiger partial charge on any atom is -0.487 e. The SMILES string of the molecule is CC(C)CCN(CC(=O)O)C(=O)c1ccc2c(c1)C[C@](C)(Cc1ccc(C(C)C)cc1)O2. The van der Waals surface area contributed by atoms with Gasteiger partial charge in [-0.1, -0.05) is 52.0 Å². The molecule has 32 heavy (non-hydrogen) atoms. The van der Waals surface area contributed by atoms with Gasteiger partial charge in [-0.15, -0.1) is 0 Å². The molecule has 1 aliphatic heterocycles. The van der Waals surface area contributed by atoms with Crippen LogP contribution in [-0.2, 0) is 17.6 Å². The van der Waals surface area contributed by atoms with Crippen molar-refractivity contribution in [3.63, 3.8) is 0 Å². The fraction of sp³-hybridized carbons (Fsp3) is 0.481. The van der Waals surface area contributed by atoms with E-state index in [0.29, 0.717) is 30.4 Å². The first-order valence-corrected chi connectivity index (χ1v) is 11.5. The van der Waals surface area contributed by atoms with Crippen molar-refractivity contribution in [3.8, 4) is 5.75 Å². The average molecular weight is 438 g/mol. The second-order valence-electron chi connectivity index (χ2n) is 9.93. The van der Waals surface area contributed by atoms with Gasteiger partial charge in [-0.2, -0.15) is 0 Å². The average Bonchev–Trinajstić information content (AvgIpc) is 3.05. The molecule has 1 amide bonds. The molecule has 0 aromatic heterocycles. The number of hydrogen-bond donors (Lipinski definition) is 1. The van der Waals surface area contributed by atoms with Crippen LogP contribution < -0.4 is 4.74 Å². The maximum atomic E-state index is 13.1. The molecule has 5 heteroatoms. The summed E-state index contributed by atoms with van der Waals surface area (Å²) in [4.78, 5) is 25.8. The van der Waals surface area contributed by atoms with Crippen LogP contribution in [0.2, 0.25) is 0 Å². The number of nitrogens with zero attached hydrogens (tertiary/aromatic N) is 1. The molecule has 1 atom stereocenters. The fourth-order valence-electron chi connectivity index (χ4n) is 4.22. The van der Waals surface area contributed by atoms with E-state index in [0.717, 1.165) is 24.2 Å². The van der Waals surface area contributed by atoms with Gasteiger partial charge in [-0.3, -0.25) is 9.59 Å². The number of benzene rings is 2. The molecule has 0 spiro atoms. The van der Waals surface area contributed by atoms with Gasteiger partial charge in [0, 0.05) is 24.9 Å². The van der Waals surface area contributed by atoms with Crippen LogP contribution in [0.15, 0.2) is 42.5 Å². The molecule has 0 saturated carbocycles. The Bertz CT molecular complexity index is 964. The van der Waals surface area contributed by atoms with Crippen molar-refractivity contribution >= 4 is 11.9 Å². The zero-order valence-electron chi connectivity index (χ0n) is 19.9. The lowest BCUT2D eigenvalue weighted by Crippen LogP contribution is -2.37. The molecule has 0 unspecified atom stereocenters. The summed E-state index contributed by atoms with van der Waals surface area (Å²) >= 11 is 0. The van der Waals surface area contributed by atoms with Crippen LogP contribution in [0.5, 0.6) is 5.75 Å². The Morgan fingerprint density at radius 2 is 1.78 bits per heavy atom. The van der Waals surface area contributed by atoms with E-state index in [4.69, 9.17) is 4.74 Å². The number of amides is 1. The number of carbonyl (C=O) groups is 2. The number of carboxylic acids is 1. The normalized spacial score (nSPS) is 17.3. The summed E-state index contributed by atoms with van der Waals surface area (Å²) in [6, 6.07) is 14.1. The highest BCUT2D eigenvalue weighted by atomic mass is 16.5. The molecular weight excluding hydrogens is 402 g/mol. The molecule has 0 aliphatic carbocycles. The first-order valence-electron chi connectivity index (χ1n) is 11.5. The molecule has 3 rings (SSSR count). The number of carboxylic acid groups (broad SMARTS) is 1. The van der Waals surface area contributed by atoms with Crippen LogP contribution in [-0.4, -0.2) is 40.6 Å². The minimum absolute atomic E-state index is 0.242. The molecule has 5 nitrogen and oxygen atoms in total. The molecule has 2 aromatic rings. The van der Waals surface area contributed by atoms with E-state index in [1.165, 1.54) is 16.0 Å². The molecule has 172 valence electrons. The summed E-state index contributed by atoms with van der Waals surface area (Å²) in [7, 11) is 0. The predicted octanol–water partition coefficient (Wildman–Crippen LogP) is 5.32. The lowest BCUT2D eigenvalue weighted by Gasteiger charge is -2.24. The van der Waals surface area contributed by atoms with E-state index in [1.54, 1.807) is 6.07 Å². The van der Waals surface area contributed by atoms with Crippen LogP contribution in [0.3, 0.4) is 0 Å². The quantitative estimate of drug-likeness (QED) is 0.577. The maximum absolute atomic E-state index is 13.1. The smallest absolute Gasteiger partial charge is 0.323 e. The number of hydrogen-bond acceptors (Lipinski definition) is 3. The van der Waals surface area contributed by atoms with Crippen molar-refractivity contribution in [2.24, 2.45) is 5.92 Å². The van der Waals surface area contributed by atoms with Crippen LogP contribution in [0, 0.1) is 5.92 Å². The zero-order chi connectivity index (χ0) is 23.5. The van der Waals surface area contributed by atoms with Gasteiger partial charge in [0.2, 0.25) is 0 Å². The van der Waals surface area contributed by atoms with Crippen molar-refractivity contribution in [2.45, 2.75) is 65.4 Å². The third-order valence-electron chi connectivity index (χ3n) is 6.04. The topological polar surface area (TPSA) is 66.8 Å². The number of ether oxygens (including phenoxy) is 1. The van der Waals surface area contributed by atoms with Crippen molar-refractivity contribution in [1.29, 1.82) is 0 Å². The Labute approximate surface area is 191 Å². The Balaban J connectivity index is 1.73. The van der Waals surface area contributed by atoms with Gasteiger partial charge in [0.25, 0.3) is 5.91 Å². The zero-order valence-corrected chi connectivity index (χ0v) is 19.9. The Hall–Kier alpha value is -2.82. The first kappa shape index (κ1) is 23.8. The summed E-state index contributed by atoms with van der Waals surface area (Å²) in [5.41, 5.74) is 3.68. The highest BCUT2D eigenvalue weighted by Crippen LogP contribution is 2.37. The lowest BCUT2D eigenvalue weighted by molar-refractivity contribution is -0.137. The molecule has 1 heterocycles. The molecule has 0 bridgehead atoms. The van der Waals surface area contributed by atoms with E-state index >= 15 is 0 Å². The van der Waals surface area contributed by atoms with Crippen LogP contribution in [0.25, 0.3) is 0 Å². The molecule has 1 N–H and O–H groups in total. The second kappa shape index (κ2) is 9.76. The Morgan fingerprint density at radius 3 is 2.38 bits per heavy atom. The van der Waals surface area contributed by atoms with Crippen molar-refractivity contribution in [1.82, 2.24) is 4.90 Å². The van der Waals surface area contributed by atoms with E-state index in [1.807, 2.05) is 12.1 Å². The Morgan fingerprint density at radius 1 is 1.09 bits per heavy atom. The van der Waals surface area contributed by atoms with E-state index in [2.05, 4.69) is 58.9 Å². The van der Waals surface area contributed by atoms with E-state index in [-0.39, 0.29) is 18.1 Å². The summed E-state index contributed by atoms with van der Waals surface area (Å²) < 4.78 is 6.30. The van der Waals surface area contributed by atoms with Gasteiger partial charge < -0.3 is 14.7 Å². The lowest BCUT2D eigenvalue weighted by atomic mass is 9.90. The van der Waals surface area contributed by atoms with Crippen molar-refractivity contribution in [2.75, 3.05) is 13.1 Å². The van der Waals surface area contributed by atoms with E-state index in [9.17, 15) is 14.7 Å². The van der Waals surface area contributed by atoms with Crippen molar-refractivity contribution < 1.29 is 19.4 Å². The molecule has 1 aliphatic rings. The second-order valence-corrected chi connectivity index (χ2v) is 9.93. The highest BCUT2D eigenvalue weighted by molar-refractivity contribution is 5.96. The fourth-order valence-corrected chi connectivity index (χ4v) is 4.22. The molecular formula is C27H35NO4. The monoisotopic (exact) mass is 437 g/mol. The predicted molar refractivity (Wildman–Crippen MR) is 126 cm³/mol. The van der Waals surface area contributed by atoms with Crippen LogP contribution in [0.1, 0.15) is 74.0 Å². The number of aliphatic carboxylic acids is 1. The summed E-state index contributed by atoms with van der Waals surface area (Å²) in [5, 5.41) is 9.24. The highest BCUT2D eigenvalue weighted by Gasteiger charge is 2.35. The molecule has 2 aromatic carbocycles. The number of carbonyl (C=O) groups excluding carboxylic acids is 1. The Kier molecular flexibility index (Phi) is 7.27. The van der Waals surface area contributed by atoms with Crippen LogP contribution >= 0.6 is 0 Å². The minimum atomic E-state index is -0.998. The van der Waals surface area contributed by atoms with Crippen LogP contribution in [0.4, 0.5) is 0 Å². The largest absolute Gasteiger partial charge is 0.487 e. The van der Waals surface area contributed by atoms with Crippen molar-refractivity contribution in [3.05, 3.63) is 64.7 Å². The summed E-state index contributed by atoms with van der Waals surface area (Å²) in [5.74, 6) is 0.456. The number of fused-ring (bicyclic) bond motifs is 1. The van der Waals surface area contributed by atoms with E-state index < -0.39 is 5.97 Å². The maximum Gasteiger partial charge on any atom is 0.323 e. The van der Waals surface area contributed by atoms with Gasteiger partial charge in [0.1, 0.15) is 17.9 Å². The third kappa shape index (κ3) is 5.90. The summed E-state index contributed by atoms with van der Waals surface area (Å²) in [6.45, 7) is 10.7. The van der Waals surface area contributed by atoms with Gasteiger partial charge in [-0.25, -0.2) is 0 Å². The van der Waals surface area contributed by atoms with Gasteiger partial charge in [-0.05, 0) is 60.1 Å². The standard InChI is InChI=1S/C27H35NO4/c1-18(2)12-13-28(17-25(29)30)26(31)22-10-11-24-23(14-22)16-27(5,32-24)15-20-6-8-21(9-7-20)19(3)4/h6-11,14,18-19H,12-13,15-17H2,1-5H3,(H,29,30)/t27-/m0/s1. The van der Waals surface area contributed by atoms with Gasteiger partial charge in [0.15, 0.2) is 0 Å². The molecule has 0 radical (unpaired) electrons. The molecule has 0 saturated heterocycles. The third-order valence-corrected chi connectivity index (χ3v) is 6.04. The summed E-state index contributed by atoms with van der Waals surface area (Å²) in [6.07, 6.45) is 2.25. The first-order chi connectivity index (χ1) is 15.1. The van der Waals surface area contributed by atoms with Gasteiger partial charge >= 0.3 is 5.97 Å². The van der Waals surface area contributed by atoms with Gasteiger partial charge in [0.05, 0.1) is 0 Å². The number of rotatable bonds is 9.